The lowest BCUT2D eigenvalue weighted by Crippen LogP contribution is -2.50. The molecule has 0 spiro atoms. The van der Waals surface area contributed by atoms with Crippen molar-refractivity contribution in [2.75, 3.05) is 0 Å². The third-order valence-corrected chi connectivity index (χ3v) is 7.78. The van der Waals surface area contributed by atoms with Crippen molar-refractivity contribution in [3.05, 3.63) is 0 Å². The number of rotatable bonds is 1. The number of hydrogen-bond acceptors (Lipinski definition) is 0. The van der Waals surface area contributed by atoms with E-state index in [-0.39, 0.29) is 0 Å². The molecule has 0 aromatic rings. The Balaban J connectivity index is 1.98. The van der Waals surface area contributed by atoms with Crippen LogP contribution in [-0.2, 0) is 0 Å². The highest BCUT2D eigenvalue weighted by Crippen LogP contribution is 2.75. The lowest BCUT2D eigenvalue weighted by atomic mass is 9.47. The van der Waals surface area contributed by atoms with Crippen molar-refractivity contribution in [3.8, 4) is 0 Å². The first kappa shape index (κ1) is 12.1. The molecule has 3 saturated carbocycles. The Morgan fingerprint density at radius 2 is 1.41 bits per heavy atom. The molecule has 0 heterocycles. The van der Waals surface area contributed by atoms with Crippen molar-refractivity contribution >= 4 is 0 Å². The zero-order chi connectivity index (χ0) is 12.3. The van der Waals surface area contributed by atoms with Crippen molar-refractivity contribution in [1.29, 1.82) is 0 Å². The fraction of sp³-hybridized carbons (Fsp3) is 1.00. The second-order valence-electron chi connectivity index (χ2n) is 8.26. The molecule has 98 valence electrons. The molecule has 17 heavy (non-hydrogen) atoms. The molecule has 3 atom stereocenters. The van der Waals surface area contributed by atoms with Crippen LogP contribution in [0.2, 0.25) is 0 Å². The summed E-state index contributed by atoms with van der Waals surface area (Å²) in [6.07, 6.45) is 12.1. The molecule has 0 saturated heterocycles. The SMILES string of the molecule is CC12CCC(C1)C(C)(C)C2(C)C1CCCCC1. The van der Waals surface area contributed by atoms with Gasteiger partial charge in [0, 0.05) is 0 Å². The minimum Gasteiger partial charge on any atom is -0.0591 e. The lowest BCUT2D eigenvalue weighted by Gasteiger charge is -2.57. The summed E-state index contributed by atoms with van der Waals surface area (Å²) in [6, 6.07) is 0. The van der Waals surface area contributed by atoms with Crippen molar-refractivity contribution in [2.24, 2.45) is 28.1 Å². The molecule has 3 unspecified atom stereocenters. The van der Waals surface area contributed by atoms with E-state index in [0.29, 0.717) is 16.2 Å². The van der Waals surface area contributed by atoms with Crippen LogP contribution in [0.1, 0.15) is 79.1 Å². The summed E-state index contributed by atoms with van der Waals surface area (Å²) in [4.78, 5) is 0. The van der Waals surface area contributed by atoms with E-state index in [1.165, 1.54) is 51.4 Å². The second-order valence-corrected chi connectivity index (χ2v) is 8.26. The Labute approximate surface area is 108 Å². The van der Waals surface area contributed by atoms with Crippen molar-refractivity contribution in [2.45, 2.75) is 79.1 Å². The molecule has 3 aliphatic rings. The van der Waals surface area contributed by atoms with E-state index >= 15 is 0 Å². The molecule has 0 aromatic heterocycles. The van der Waals surface area contributed by atoms with Crippen LogP contribution in [0.4, 0.5) is 0 Å². The van der Waals surface area contributed by atoms with Crippen molar-refractivity contribution in [3.63, 3.8) is 0 Å². The van der Waals surface area contributed by atoms with Crippen LogP contribution < -0.4 is 0 Å². The van der Waals surface area contributed by atoms with Gasteiger partial charge in [-0.05, 0) is 60.2 Å². The second kappa shape index (κ2) is 3.52. The first-order valence-corrected chi connectivity index (χ1v) is 7.92. The maximum absolute atomic E-state index is 2.67. The normalized spacial score (nSPS) is 49.8. The van der Waals surface area contributed by atoms with Crippen LogP contribution in [0.25, 0.3) is 0 Å². The molecule has 0 aromatic carbocycles. The molecule has 0 N–H and O–H groups in total. The Morgan fingerprint density at radius 1 is 0.765 bits per heavy atom. The van der Waals surface area contributed by atoms with Crippen LogP contribution in [0, 0.1) is 28.1 Å². The van der Waals surface area contributed by atoms with Crippen LogP contribution >= 0.6 is 0 Å². The minimum absolute atomic E-state index is 0.585. The van der Waals surface area contributed by atoms with E-state index in [4.69, 9.17) is 0 Å². The highest BCUT2D eigenvalue weighted by Gasteiger charge is 2.68. The molecule has 0 heteroatoms. The summed E-state index contributed by atoms with van der Waals surface area (Å²) < 4.78 is 0. The molecule has 0 nitrogen and oxygen atoms in total. The zero-order valence-corrected chi connectivity index (χ0v) is 12.3. The average molecular weight is 234 g/mol. The summed E-state index contributed by atoms with van der Waals surface area (Å²) in [5.74, 6) is 2.03. The minimum atomic E-state index is 0.585. The number of hydrogen-bond donors (Lipinski definition) is 0. The topological polar surface area (TPSA) is 0 Å². The number of fused-ring (bicyclic) bond motifs is 2. The Kier molecular flexibility index (Phi) is 2.49. The van der Waals surface area contributed by atoms with Gasteiger partial charge in [0.25, 0.3) is 0 Å². The van der Waals surface area contributed by atoms with Crippen LogP contribution in [0.15, 0.2) is 0 Å². The van der Waals surface area contributed by atoms with Gasteiger partial charge in [-0.3, -0.25) is 0 Å². The third kappa shape index (κ3) is 1.31. The van der Waals surface area contributed by atoms with E-state index in [0.717, 1.165) is 11.8 Å². The van der Waals surface area contributed by atoms with Gasteiger partial charge in [0.05, 0.1) is 0 Å². The first-order chi connectivity index (χ1) is 7.92. The Hall–Kier alpha value is 0. The predicted molar refractivity (Wildman–Crippen MR) is 73.9 cm³/mol. The summed E-state index contributed by atoms with van der Waals surface area (Å²) in [6.45, 7) is 10.5. The van der Waals surface area contributed by atoms with Gasteiger partial charge in [-0.2, -0.15) is 0 Å². The maximum atomic E-state index is 2.67. The van der Waals surface area contributed by atoms with E-state index in [2.05, 4.69) is 27.7 Å². The lowest BCUT2D eigenvalue weighted by molar-refractivity contribution is -0.0900. The van der Waals surface area contributed by atoms with E-state index < -0.39 is 0 Å². The predicted octanol–water partition coefficient (Wildman–Crippen LogP) is 5.42. The molecule has 3 rings (SSSR count). The summed E-state index contributed by atoms with van der Waals surface area (Å²) >= 11 is 0. The van der Waals surface area contributed by atoms with Gasteiger partial charge in [-0.25, -0.2) is 0 Å². The fourth-order valence-corrected chi connectivity index (χ4v) is 6.23. The van der Waals surface area contributed by atoms with Crippen LogP contribution in [0.3, 0.4) is 0 Å². The molecule has 0 aliphatic heterocycles. The van der Waals surface area contributed by atoms with Crippen molar-refractivity contribution in [1.82, 2.24) is 0 Å². The standard InChI is InChI=1S/C17H30/c1-15(2)14-10-11-16(3,12-14)17(15,4)13-8-6-5-7-9-13/h13-14H,5-12H2,1-4H3. The van der Waals surface area contributed by atoms with E-state index in [1.807, 2.05) is 0 Å². The fourth-order valence-electron chi connectivity index (χ4n) is 6.23. The van der Waals surface area contributed by atoms with Crippen molar-refractivity contribution < 1.29 is 0 Å². The Morgan fingerprint density at radius 3 is 1.94 bits per heavy atom. The summed E-state index contributed by atoms with van der Waals surface area (Å²) in [5, 5.41) is 0. The summed E-state index contributed by atoms with van der Waals surface area (Å²) in [7, 11) is 0. The third-order valence-electron chi connectivity index (χ3n) is 7.78. The highest BCUT2D eigenvalue weighted by atomic mass is 14.7. The van der Waals surface area contributed by atoms with Gasteiger partial charge in [0.1, 0.15) is 0 Å². The molecule has 3 aliphatic carbocycles. The van der Waals surface area contributed by atoms with Gasteiger partial charge in [-0.1, -0.05) is 47.0 Å². The van der Waals surface area contributed by atoms with Gasteiger partial charge in [0.15, 0.2) is 0 Å². The van der Waals surface area contributed by atoms with E-state index in [9.17, 15) is 0 Å². The largest absolute Gasteiger partial charge is 0.0591 e. The molecule has 3 fully saturated rings. The summed E-state index contributed by atoms with van der Waals surface area (Å²) in [5.41, 5.74) is 1.86. The molecular formula is C17H30. The molecular weight excluding hydrogens is 204 g/mol. The maximum Gasteiger partial charge on any atom is -0.0190 e. The van der Waals surface area contributed by atoms with E-state index in [1.54, 1.807) is 0 Å². The quantitative estimate of drug-likeness (QED) is 0.568. The molecule has 2 bridgehead atoms. The smallest absolute Gasteiger partial charge is 0.0190 e. The van der Waals surface area contributed by atoms with Gasteiger partial charge >= 0.3 is 0 Å². The zero-order valence-electron chi connectivity index (χ0n) is 12.3. The van der Waals surface area contributed by atoms with Gasteiger partial charge in [-0.15, -0.1) is 0 Å². The molecule has 0 amide bonds. The average Bonchev–Trinajstić information content (AvgIpc) is 2.78. The van der Waals surface area contributed by atoms with Gasteiger partial charge in [0.2, 0.25) is 0 Å². The monoisotopic (exact) mass is 234 g/mol. The first-order valence-electron chi connectivity index (χ1n) is 7.92. The molecule has 0 radical (unpaired) electrons. The highest BCUT2D eigenvalue weighted by molar-refractivity contribution is 5.16. The van der Waals surface area contributed by atoms with Gasteiger partial charge < -0.3 is 0 Å². The Bertz CT molecular complexity index is 303. The van der Waals surface area contributed by atoms with Crippen LogP contribution in [0.5, 0.6) is 0 Å². The van der Waals surface area contributed by atoms with Crippen LogP contribution in [-0.4, -0.2) is 0 Å².